The number of nitrogens with one attached hydrogen (secondary N) is 1. The Morgan fingerprint density at radius 1 is 1.38 bits per heavy atom. The fraction of sp³-hybridized carbons (Fsp3) is 0.643. The summed E-state index contributed by atoms with van der Waals surface area (Å²) in [6.07, 6.45) is -9.96. The van der Waals surface area contributed by atoms with E-state index in [0.717, 1.165) is 6.92 Å². The first-order chi connectivity index (χ1) is 12.1. The van der Waals surface area contributed by atoms with Gasteiger partial charge >= 0.3 is 5.97 Å². The highest BCUT2D eigenvalue weighted by molar-refractivity contribution is 5.84. The average Bonchev–Trinajstić information content (AvgIpc) is 2.59. The number of hydrogen-bond acceptors (Lipinski definition) is 10. The van der Waals surface area contributed by atoms with Crippen LogP contribution in [0.25, 0.3) is 0 Å². The summed E-state index contributed by atoms with van der Waals surface area (Å²) in [5, 5.41) is 59.2. The summed E-state index contributed by atoms with van der Waals surface area (Å²) in [6.45, 7) is 0.132. The van der Waals surface area contributed by atoms with Crippen molar-refractivity contribution in [2.45, 2.75) is 49.8 Å². The van der Waals surface area contributed by atoms with Crippen LogP contribution >= 0.6 is 0 Å². The van der Waals surface area contributed by atoms with E-state index in [0.29, 0.717) is 6.08 Å². The maximum absolute atomic E-state index is 11.2. The Labute approximate surface area is 147 Å². The van der Waals surface area contributed by atoms with Crippen molar-refractivity contribution in [2.24, 2.45) is 0 Å². The molecule has 1 aliphatic rings. The second-order valence-corrected chi connectivity index (χ2v) is 5.51. The maximum Gasteiger partial charge on any atom is 0.371 e. The predicted molar refractivity (Wildman–Crippen MR) is 80.2 cm³/mol. The van der Waals surface area contributed by atoms with Gasteiger partial charge in [0.15, 0.2) is 0 Å². The minimum absolute atomic E-state index is 0.166. The summed E-state index contributed by atoms with van der Waals surface area (Å²) in [5.74, 6) is -3.03. The van der Waals surface area contributed by atoms with Gasteiger partial charge in [-0.05, 0) is 6.08 Å². The van der Waals surface area contributed by atoms with E-state index in [1.165, 1.54) is 0 Å². The van der Waals surface area contributed by atoms with E-state index in [1.807, 2.05) is 0 Å². The highest BCUT2D eigenvalue weighted by atomic mass is 16.7. The van der Waals surface area contributed by atoms with Crippen LogP contribution in [0.2, 0.25) is 0 Å². The van der Waals surface area contributed by atoms with Gasteiger partial charge in [0.25, 0.3) is 0 Å². The fourth-order valence-corrected chi connectivity index (χ4v) is 2.17. The first-order valence-electron chi connectivity index (χ1n) is 7.45. The quantitative estimate of drug-likeness (QED) is 0.191. The van der Waals surface area contributed by atoms with Crippen LogP contribution in [0.5, 0.6) is 0 Å². The lowest BCUT2D eigenvalue weighted by atomic mass is 10.0. The van der Waals surface area contributed by atoms with Crippen molar-refractivity contribution in [1.82, 2.24) is 5.32 Å². The Hall–Kier alpha value is -2.09. The number of carboxylic acids is 1. The van der Waals surface area contributed by atoms with Crippen molar-refractivity contribution in [3.8, 4) is 0 Å². The first kappa shape index (κ1) is 22.0. The lowest BCUT2D eigenvalue weighted by Gasteiger charge is -2.37. The van der Waals surface area contributed by atoms with Crippen molar-refractivity contribution < 1.29 is 54.5 Å². The highest BCUT2D eigenvalue weighted by Crippen LogP contribution is 2.23. The Morgan fingerprint density at radius 2 is 2.00 bits per heavy atom. The Balaban J connectivity index is 3.10. The smallest absolute Gasteiger partial charge is 0.371 e. The van der Waals surface area contributed by atoms with Crippen molar-refractivity contribution in [3.05, 3.63) is 11.8 Å². The monoisotopic (exact) mass is 379 g/mol. The van der Waals surface area contributed by atoms with Gasteiger partial charge in [0.2, 0.25) is 18.0 Å². The minimum Gasteiger partial charge on any atom is -0.475 e. The zero-order chi connectivity index (χ0) is 20.0. The van der Waals surface area contributed by atoms with Crippen LogP contribution in [0.1, 0.15) is 6.92 Å². The largest absolute Gasteiger partial charge is 0.475 e. The Kier molecular flexibility index (Phi) is 8.08. The molecule has 0 aromatic rings. The third-order valence-corrected chi connectivity index (χ3v) is 3.48. The van der Waals surface area contributed by atoms with Crippen molar-refractivity contribution >= 4 is 18.2 Å². The lowest BCUT2D eigenvalue weighted by molar-refractivity contribution is -0.248. The van der Waals surface area contributed by atoms with Gasteiger partial charge in [0.05, 0.1) is 6.61 Å². The maximum atomic E-state index is 11.2. The molecule has 7 atom stereocenters. The van der Waals surface area contributed by atoms with Gasteiger partial charge in [-0.1, -0.05) is 0 Å². The average molecular weight is 379 g/mol. The molecule has 0 radical (unpaired) electrons. The zero-order valence-electron chi connectivity index (χ0n) is 13.6. The van der Waals surface area contributed by atoms with E-state index >= 15 is 0 Å². The van der Waals surface area contributed by atoms with Crippen LogP contribution in [0, 0.1) is 0 Å². The van der Waals surface area contributed by atoms with Crippen LogP contribution in [0.4, 0.5) is 0 Å². The van der Waals surface area contributed by atoms with Gasteiger partial charge < -0.3 is 50.2 Å². The number of ether oxygens (including phenoxy) is 2. The van der Waals surface area contributed by atoms with E-state index in [4.69, 9.17) is 19.7 Å². The Morgan fingerprint density at radius 3 is 2.46 bits per heavy atom. The second kappa shape index (κ2) is 9.56. The third kappa shape index (κ3) is 5.45. The number of amides is 1. The molecule has 1 heterocycles. The third-order valence-electron chi connectivity index (χ3n) is 3.48. The van der Waals surface area contributed by atoms with Gasteiger partial charge in [0.1, 0.15) is 42.8 Å². The van der Waals surface area contributed by atoms with E-state index in [9.17, 15) is 34.8 Å². The number of carboxylic acid groups (broad SMARTS) is 1. The van der Waals surface area contributed by atoms with E-state index in [-0.39, 0.29) is 6.29 Å². The summed E-state index contributed by atoms with van der Waals surface area (Å²) in [5.41, 5.74) is 0. The molecule has 12 nitrogen and oxygen atoms in total. The summed E-state index contributed by atoms with van der Waals surface area (Å²) in [6, 6.07) is -1.55. The molecule has 1 aliphatic heterocycles. The number of aliphatic hydroxyl groups is 5. The van der Waals surface area contributed by atoms with Gasteiger partial charge in [-0.15, -0.1) is 0 Å². The zero-order valence-corrected chi connectivity index (χ0v) is 13.6. The molecule has 1 rings (SSSR count). The number of hydrogen-bond donors (Lipinski definition) is 7. The van der Waals surface area contributed by atoms with Crippen molar-refractivity contribution in [1.29, 1.82) is 0 Å². The summed E-state index contributed by atoms with van der Waals surface area (Å²) in [4.78, 5) is 33.4. The standard InChI is InChI=1S/C14H21NO11/c1-5(18)15-6(3-16)12(10(21)8(20)4-17)26-14-11(22)7(19)2-9(25-14)13(23)24/h2-3,6-8,10-12,14,17,19-22H,4H2,1H3,(H,15,18)(H,23,24)/t6-,7+,8+,10+,11+,12+,14+/m1/s1. The molecule has 0 saturated heterocycles. The SMILES string of the molecule is CC(=O)N[C@H](C=O)[C@H](O[C@@H]1OC(C(=O)O)=C[C@H](O)[C@@H]1O)[C@@H](O)[C@@H](O)CO. The van der Waals surface area contributed by atoms with Crippen molar-refractivity contribution in [3.63, 3.8) is 0 Å². The van der Waals surface area contributed by atoms with Crippen molar-refractivity contribution in [2.75, 3.05) is 6.61 Å². The van der Waals surface area contributed by atoms with Gasteiger partial charge in [-0.25, -0.2) is 4.79 Å². The molecule has 12 heteroatoms. The number of aldehydes is 1. The number of rotatable bonds is 9. The highest BCUT2D eigenvalue weighted by Gasteiger charge is 2.42. The molecule has 7 N–H and O–H groups in total. The summed E-state index contributed by atoms with van der Waals surface area (Å²) >= 11 is 0. The number of aliphatic hydroxyl groups excluding tert-OH is 5. The lowest BCUT2D eigenvalue weighted by Crippen LogP contribution is -2.57. The predicted octanol–water partition coefficient (Wildman–Crippen LogP) is -4.16. The molecule has 0 unspecified atom stereocenters. The molecular formula is C14H21NO11. The van der Waals surface area contributed by atoms with Crippen LogP contribution < -0.4 is 5.32 Å². The number of aliphatic carboxylic acids is 1. The molecule has 0 saturated carbocycles. The second-order valence-electron chi connectivity index (χ2n) is 5.51. The molecule has 0 fully saturated rings. The van der Waals surface area contributed by atoms with Gasteiger partial charge in [0, 0.05) is 6.92 Å². The molecule has 0 aliphatic carbocycles. The Bertz CT molecular complexity index is 551. The fourth-order valence-electron chi connectivity index (χ4n) is 2.17. The first-order valence-corrected chi connectivity index (χ1v) is 7.45. The van der Waals surface area contributed by atoms with E-state index in [2.05, 4.69) is 5.32 Å². The molecule has 0 spiro atoms. The van der Waals surface area contributed by atoms with Crippen LogP contribution in [0.15, 0.2) is 11.8 Å². The molecule has 0 aromatic heterocycles. The topological polar surface area (TPSA) is 203 Å². The van der Waals surface area contributed by atoms with Crippen LogP contribution in [0.3, 0.4) is 0 Å². The van der Waals surface area contributed by atoms with Crippen LogP contribution in [-0.2, 0) is 23.9 Å². The van der Waals surface area contributed by atoms with E-state index < -0.39 is 67.1 Å². The molecule has 1 amide bonds. The molecular weight excluding hydrogens is 358 g/mol. The molecule has 26 heavy (non-hydrogen) atoms. The summed E-state index contributed by atoms with van der Waals surface area (Å²) < 4.78 is 10.1. The molecule has 0 bridgehead atoms. The number of carbonyl (C=O) groups excluding carboxylic acids is 2. The van der Waals surface area contributed by atoms with E-state index in [1.54, 1.807) is 0 Å². The number of carbonyl (C=O) groups is 3. The molecule has 148 valence electrons. The van der Waals surface area contributed by atoms with Gasteiger partial charge in [-0.2, -0.15) is 0 Å². The summed E-state index contributed by atoms with van der Waals surface area (Å²) in [7, 11) is 0. The van der Waals surface area contributed by atoms with Crippen LogP contribution in [-0.4, -0.2) is 98.3 Å². The van der Waals surface area contributed by atoms with Gasteiger partial charge in [-0.3, -0.25) is 4.79 Å². The normalized spacial score (nSPS) is 27.3. The molecule has 0 aromatic carbocycles. The minimum atomic E-state index is -1.94.